The first-order valence-electron chi connectivity index (χ1n) is 5.99. The van der Waals surface area contributed by atoms with Gasteiger partial charge in [0.05, 0.1) is 19.6 Å². The number of methoxy groups -OCH3 is 2. The van der Waals surface area contributed by atoms with Gasteiger partial charge in [0.15, 0.2) is 0 Å². The first-order valence-corrected chi connectivity index (χ1v) is 8.80. The minimum atomic E-state index is -0.343. The zero-order valence-corrected chi connectivity index (χ0v) is 16.8. The van der Waals surface area contributed by atoms with Gasteiger partial charge in [-0.1, -0.05) is 37.9 Å². The van der Waals surface area contributed by atoms with E-state index in [0.717, 1.165) is 24.5 Å². The summed E-state index contributed by atoms with van der Waals surface area (Å²) >= 11 is 17.1. The molecule has 0 N–H and O–H groups in total. The molecule has 0 aliphatic heterocycles. The molecule has 21 heavy (non-hydrogen) atoms. The molecule has 0 fully saturated rings. The average molecular weight is 499 g/mol. The van der Waals surface area contributed by atoms with Crippen LogP contribution in [-0.4, -0.2) is 14.2 Å². The number of benzene rings is 2. The van der Waals surface area contributed by atoms with Crippen LogP contribution in [0.25, 0.3) is 0 Å². The summed E-state index contributed by atoms with van der Waals surface area (Å²) in [5.41, 5.74) is 1.84. The third-order valence-corrected chi connectivity index (χ3v) is 5.43. The molecule has 0 bridgehead atoms. The van der Waals surface area contributed by atoms with Crippen LogP contribution in [0.4, 0.5) is 0 Å². The highest BCUT2D eigenvalue weighted by molar-refractivity contribution is 9.11. The Labute approximate surface area is 154 Å². The summed E-state index contributed by atoms with van der Waals surface area (Å²) < 4.78 is 13.5. The van der Waals surface area contributed by atoms with Gasteiger partial charge in [-0.05, 0) is 45.8 Å². The summed E-state index contributed by atoms with van der Waals surface area (Å²) in [6.07, 6.45) is 0. The highest BCUT2D eigenvalue weighted by atomic mass is 79.9. The standard InChI is InChI=1S/C15H12Br3ClO2/c1-20-12-6-5-10(15(21-2)13(12)18)14(19)9-4-3-8(16)7-11(9)17/h3-7,14H,1-2H3. The van der Waals surface area contributed by atoms with E-state index < -0.39 is 0 Å². The number of alkyl halides is 1. The summed E-state index contributed by atoms with van der Waals surface area (Å²) in [7, 11) is 3.23. The molecule has 2 aromatic rings. The number of hydrogen-bond acceptors (Lipinski definition) is 2. The Bertz CT molecular complexity index is 662. The molecule has 2 rings (SSSR count). The Kier molecular flexibility index (Phi) is 6.00. The Morgan fingerprint density at radius 2 is 1.62 bits per heavy atom. The normalized spacial score (nSPS) is 12.1. The van der Waals surface area contributed by atoms with E-state index in [1.807, 2.05) is 30.3 Å². The maximum Gasteiger partial charge on any atom is 0.141 e. The van der Waals surface area contributed by atoms with Crippen LogP contribution >= 0.6 is 59.4 Å². The molecule has 0 spiro atoms. The quantitative estimate of drug-likeness (QED) is 0.459. The fraction of sp³-hybridized carbons (Fsp3) is 0.200. The Morgan fingerprint density at radius 3 is 2.19 bits per heavy atom. The lowest BCUT2D eigenvalue weighted by atomic mass is 10.0. The van der Waals surface area contributed by atoms with E-state index in [9.17, 15) is 0 Å². The molecule has 0 saturated carbocycles. The summed E-state index contributed by atoms with van der Waals surface area (Å²) in [6.45, 7) is 0. The third-order valence-electron chi connectivity index (χ3n) is 3.02. The first kappa shape index (κ1) is 17.1. The molecule has 0 radical (unpaired) electrons. The summed E-state index contributed by atoms with van der Waals surface area (Å²) in [5.74, 6) is 1.37. The Balaban J connectivity index is 2.52. The molecule has 2 aromatic carbocycles. The van der Waals surface area contributed by atoms with Gasteiger partial charge in [-0.2, -0.15) is 0 Å². The van der Waals surface area contributed by atoms with E-state index in [0.29, 0.717) is 11.5 Å². The van der Waals surface area contributed by atoms with E-state index in [4.69, 9.17) is 21.1 Å². The molecule has 0 aromatic heterocycles. The van der Waals surface area contributed by atoms with Crippen molar-refractivity contribution in [2.24, 2.45) is 0 Å². The number of ether oxygens (including phenoxy) is 2. The fourth-order valence-electron chi connectivity index (χ4n) is 1.99. The molecular formula is C15H12Br3ClO2. The Morgan fingerprint density at radius 1 is 0.952 bits per heavy atom. The van der Waals surface area contributed by atoms with Crippen molar-refractivity contribution in [3.05, 3.63) is 54.9 Å². The molecular weight excluding hydrogens is 487 g/mol. The van der Waals surface area contributed by atoms with E-state index in [1.165, 1.54) is 0 Å². The highest BCUT2D eigenvalue weighted by Gasteiger charge is 2.21. The second-order valence-corrected chi connectivity index (χ2v) is 7.23. The summed E-state index contributed by atoms with van der Waals surface area (Å²) in [5, 5.41) is -0.343. The van der Waals surface area contributed by atoms with Crippen molar-refractivity contribution in [3.8, 4) is 11.5 Å². The largest absolute Gasteiger partial charge is 0.495 e. The van der Waals surface area contributed by atoms with Crippen LogP contribution in [0.5, 0.6) is 11.5 Å². The first-order chi connectivity index (χ1) is 9.99. The monoisotopic (exact) mass is 496 g/mol. The predicted octanol–water partition coefficient (Wildman–Crippen LogP) is 6.32. The topological polar surface area (TPSA) is 18.5 Å². The van der Waals surface area contributed by atoms with Crippen molar-refractivity contribution in [2.45, 2.75) is 5.38 Å². The fourth-order valence-corrected chi connectivity index (χ4v) is 4.45. The zero-order valence-electron chi connectivity index (χ0n) is 11.3. The lowest BCUT2D eigenvalue weighted by Crippen LogP contribution is -2.00. The van der Waals surface area contributed by atoms with Gasteiger partial charge >= 0.3 is 0 Å². The van der Waals surface area contributed by atoms with Gasteiger partial charge in [0, 0.05) is 14.5 Å². The van der Waals surface area contributed by atoms with Crippen LogP contribution in [0.1, 0.15) is 16.5 Å². The number of hydrogen-bond donors (Lipinski definition) is 0. The molecule has 112 valence electrons. The summed E-state index contributed by atoms with van der Waals surface area (Å²) in [4.78, 5) is 0. The molecule has 1 atom stereocenters. The molecule has 2 nitrogen and oxygen atoms in total. The molecule has 0 heterocycles. The molecule has 6 heteroatoms. The van der Waals surface area contributed by atoms with Crippen LogP contribution in [-0.2, 0) is 0 Å². The summed E-state index contributed by atoms with van der Waals surface area (Å²) in [6, 6.07) is 9.68. The molecule has 0 aliphatic carbocycles. The maximum atomic E-state index is 6.65. The van der Waals surface area contributed by atoms with Crippen molar-refractivity contribution in [3.63, 3.8) is 0 Å². The van der Waals surface area contributed by atoms with Gasteiger partial charge < -0.3 is 9.47 Å². The smallest absolute Gasteiger partial charge is 0.141 e. The van der Waals surface area contributed by atoms with Crippen molar-refractivity contribution >= 4 is 59.4 Å². The van der Waals surface area contributed by atoms with E-state index in [1.54, 1.807) is 14.2 Å². The van der Waals surface area contributed by atoms with Crippen molar-refractivity contribution < 1.29 is 9.47 Å². The van der Waals surface area contributed by atoms with E-state index in [2.05, 4.69) is 47.8 Å². The van der Waals surface area contributed by atoms with Crippen LogP contribution in [0.3, 0.4) is 0 Å². The van der Waals surface area contributed by atoms with Gasteiger partial charge in [-0.25, -0.2) is 0 Å². The maximum absolute atomic E-state index is 6.65. The second-order valence-electron chi connectivity index (χ2n) is 4.23. The van der Waals surface area contributed by atoms with Gasteiger partial charge in [0.25, 0.3) is 0 Å². The van der Waals surface area contributed by atoms with Gasteiger partial charge in [0.2, 0.25) is 0 Å². The van der Waals surface area contributed by atoms with Crippen LogP contribution in [0.2, 0.25) is 0 Å². The number of rotatable bonds is 4. The second kappa shape index (κ2) is 7.36. The van der Waals surface area contributed by atoms with Crippen LogP contribution < -0.4 is 9.47 Å². The molecule has 0 aliphatic rings. The van der Waals surface area contributed by atoms with Crippen molar-refractivity contribution in [1.82, 2.24) is 0 Å². The molecule has 1 unspecified atom stereocenters. The van der Waals surface area contributed by atoms with E-state index in [-0.39, 0.29) is 5.38 Å². The highest BCUT2D eigenvalue weighted by Crippen LogP contribution is 2.45. The SMILES string of the molecule is COc1ccc(C(Cl)c2ccc(Br)cc2Br)c(OC)c1Br. The minimum Gasteiger partial charge on any atom is -0.495 e. The third kappa shape index (κ3) is 3.58. The van der Waals surface area contributed by atoms with E-state index >= 15 is 0 Å². The molecule has 0 saturated heterocycles. The van der Waals surface area contributed by atoms with Gasteiger partial charge in [0.1, 0.15) is 16.0 Å². The Hall–Kier alpha value is -0.230. The van der Waals surface area contributed by atoms with Gasteiger partial charge in [-0.15, -0.1) is 11.6 Å². The molecule has 0 amide bonds. The van der Waals surface area contributed by atoms with Crippen LogP contribution in [0.15, 0.2) is 43.7 Å². The average Bonchev–Trinajstić information content (AvgIpc) is 2.46. The van der Waals surface area contributed by atoms with Crippen LogP contribution in [0, 0.1) is 0 Å². The number of halogens is 4. The van der Waals surface area contributed by atoms with Crippen molar-refractivity contribution in [2.75, 3.05) is 14.2 Å². The van der Waals surface area contributed by atoms with Gasteiger partial charge in [-0.3, -0.25) is 0 Å². The predicted molar refractivity (Wildman–Crippen MR) is 96.8 cm³/mol. The lowest BCUT2D eigenvalue weighted by molar-refractivity contribution is 0.386. The zero-order chi connectivity index (χ0) is 15.6. The minimum absolute atomic E-state index is 0.343. The lowest BCUT2D eigenvalue weighted by Gasteiger charge is -2.18. The van der Waals surface area contributed by atoms with Crippen molar-refractivity contribution in [1.29, 1.82) is 0 Å².